The van der Waals surface area contributed by atoms with Gasteiger partial charge in [0, 0.05) is 24.5 Å². The molecule has 1 atom stereocenters. The number of halogens is 2. The van der Waals surface area contributed by atoms with E-state index in [4.69, 9.17) is 23.2 Å². The molecule has 0 radical (unpaired) electrons. The molecule has 0 N–H and O–H groups in total. The van der Waals surface area contributed by atoms with Crippen molar-refractivity contribution >= 4 is 29.1 Å². The van der Waals surface area contributed by atoms with Crippen LogP contribution in [0.1, 0.15) is 34.8 Å². The fourth-order valence-electron chi connectivity index (χ4n) is 3.42. The van der Waals surface area contributed by atoms with Gasteiger partial charge in [-0.25, -0.2) is 9.97 Å². The lowest BCUT2D eigenvalue weighted by molar-refractivity contribution is 0.0735. The van der Waals surface area contributed by atoms with E-state index in [1.54, 1.807) is 18.5 Å². The van der Waals surface area contributed by atoms with Crippen molar-refractivity contribution in [3.05, 3.63) is 82.1 Å². The molecule has 136 valence electrons. The van der Waals surface area contributed by atoms with Crippen molar-refractivity contribution in [2.45, 2.75) is 18.9 Å². The van der Waals surface area contributed by atoms with Crippen LogP contribution in [0.2, 0.25) is 10.0 Å². The summed E-state index contributed by atoms with van der Waals surface area (Å²) in [6.45, 7) is 0.699. The zero-order valence-electron chi connectivity index (χ0n) is 14.5. The molecule has 6 heteroatoms. The highest BCUT2D eigenvalue weighted by atomic mass is 35.5. The number of aromatic nitrogens is 2. The summed E-state index contributed by atoms with van der Waals surface area (Å²) in [6.07, 6.45) is 5.04. The molecule has 1 amide bonds. The lowest BCUT2D eigenvalue weighted by atomic mass is 10.0. The zero-order valence-corrected chi connectivity index (χ0v) is 16.0. The second kappa shape index (κ2) is 7.67. The first-order valence-corrected chi connectivity index (χ1v) is 9.52. The summed E-state index contributed by atoms with van der Waals surface area (Å²) in [5.41, 5.74) is 2.41. The van der Waals surface area contributed by atoms with Crippen molar-refractivity contribution in [1.82, 2.24) is 14.9 Å². The minimum atomic E-state index is -0.0665. The standard InChI is InChI=1S/C21H17Cl2N3O/c22-17-9-8-15(11-18(17)23)19-7-4-10-26(19)21(27)16-12-24-20(25-13-16)14-5-2-1-3-6-14/h1-3,5-6,8-9,11-13,19H,4,7,10H2. The Bertz CT molecular complexity index is 961. The van der Waals surface area contributed by atoms with E-state index in [9.17, 15) is 4.79 Å². The molecular formula is C21H17Cl2N3O. The van der Waals surface area contributed by atoms with Crippen LogP contribution < -0.4 is 0 Å². The predicted octanol–water partition coefficient (Wildman–Crippen LogP) is 5.43. The Morgan fingerprint density at radius 3 is 2.44 bits per heavy atom. The summed E-state index contributed by atoms with van der Waals surface area (Å²) in [5, 5.41) is 1.02. The zero-order chi connectivity index (χ0) is 18.8. The number of carbonyl (C=O) groups is 1. The quantitative estimate of drug-likeness (QED) is 0.591. The van der Waals surface area contributed by atoms with Gasteiger partial charge >= 0.3 is 0 Å². The molecule has 1 saturated heterocycles. The van der Waals surface area contributed by atoms with Crippen molar-refractivity contribution in [1.29, 1.82) is 0 Å². The van der Waals surface area contributed by atoms with Crippen LogP contribution in [-0.4, -0.2) is 27.3 Å². The molecule has 1 aromatic heterocycles. The Balaban J connectivity index is 1.57. The fourth-order valence-corrected chi connectivity index (χ4v) is 3.72. The van der Waals surface area contributed by atoms with Crippen LogP contribution in [0.25, 0.3) is 11.4 Å². The Morgan fingerprint density at radius 2 is 1.74 bits per heavy atom. The summed E-state index contributed by atoms with van der Waals surface area (Å²) in [5.74, 6) is 0.540. The van der Waals surface area contributed by atoms with E-state index in [0.29, 0.717) is 28.0 Å². The van der Waals surface area contributed by atoms with Crippen molar-refractivity contribution in [2.75, 3.05) is 6.54 Å². The molecule has 0 saturated carbocycles. The number of hydrogen-bond acceptors (Lipinski definition) is 3. The van der Waals surface area contributed by atoms with Crippen LogP contribution in [0.15, 0.2) is 60.9 Å². The maximum Gasteiger partial charge on any atom is 0.257 e. The average molecular weight is 398 g/mol. The second-order valence-corrected chi connectivity index (χ2v) is 7.31. The Labute approximate surface area is 167 Å². The molecule has 0 spiro atoms. The molecule has 3 aromatic rings. The summed E-state index contributed by atoms with van der Waals surface area (Å²) in [6, 6.07) is 15.2. The van der Waals surface area contributed by atoms with E-state index in [2.05, 4.69) is 9.97 Å². The molecular weight excluding hydrogens is 381 g/mol. The number of benzene rings is 2. The first-order chi connectivity index (χ1) is 13.1. The van der Waals surface area contributed by atoms with Crippen molar-refractivity contribution in [2.24, 2.45) is 0 Å². The van der Waals surface area contributed by atoms with Gasteiger partial charge in [0.1, 0.15) is 0 Å². The first-order valence-electron chi connectivity index (χ1n) is 8.77. The monoisotopic (exact) mass is 397 g/mol. The molecule has 2 heterocycles. The molecule has 0 aliphatic carbocycles. The van der Waals surface area contributed by atoms with Gasteiger partial charge in [0.25, 0.3) is 5.91 Å². The number of nitrogens with zero attached hydrogens (tertiary/aromatic N) is 3. The second-order valence-electron chi connectivity index (χ2n) is 6.49. The summed E-state index contributed by atoms with van der Waals surface area (Å²) in [7, 11) is 0. The molecule has 0 bridgehead atoms. The molecule has 4 nitrogen and oxygen atoms in total. The fraction of sp³-hybridized carbons (Fsp3) is 0.190. The van der Waals surface area contributed by atoms with Crippen molar-refractivity contribution in [3.8, 4) is 11.4 Å². The summed E-state index contributed by atoms with van der Waals surface area (Å²) < 4.78 is 0. The summed E-state index contributed by atoms with van der Waals surface area (Å²) in [4.78, 5) is 23.6. The maximum absolute atomic E-state index is 13.0. The normalized spacial score (nSPS) is 16.5. The van der Waals surface area contributed by atoms with Crippen molar-refractivity contribution < 1.29 is 4.79 Å². The molecule has 1 aliphatic heterocycles. The number of likely N-dealkylation sites (tertiary alicyclic amines) is 1. The van der Waals surface area contributed by atoms with Gasteiger partial charge in [0.05, 0.1) is 21.7 Å². The Morgan fingerprint density at radius 1 is 1.00 bits per heavy atom. The van der Waals surface area contributed by atoms with E-state index in [0.717, 1.165) is 24.0 Å². The van der Waals surface area contributed by atoms with E-state index >= 15 is 0 Å². The lowest BCUT2D eigenvalue weighted by Crippen LogP contribution is -2.30. The van der Waals surface area contributed by atoms with Gasteiger partial charge in [-0.05, 0) is 30.5 Å². The third-order valence-electron chi connectivity index (χ3n) is 4.77. The van der Waals surface area contributed by atoms with Gasteiger partial charge in [-0.2, -0.15) is 0 Å². The van der Waals surface area contributed by atoms with Gasteiger partial charge in [-0.3, -0.25) is 4.79 Å². The minimum absolute atomic E-state index is 0.0129. The topological polar surface area (TPSA) is 46.1 Å². The molecule has 4 rings (SSSR count). The Hall–Kier alpha value is -2.43. The van der Waals surface area contributed by atoms with Gasteiger partial charge in [-0.15, -0.1) is 0 Å². The number of hydrogen-bond donors (Lipinski definition) is 0. The van der Waals surface area contributed by atoms with Gasteiger partial charge in [0.2, 0.25) is 0 Å². The number of amides is 1. The van der Waals surface area contributed by atoms with E-state index < -0.39 is 0 Å². The SMILES string of the molecule is O=C(c1cnc(-c2ccccc2)nc1)N1CCCC1c1ccc(Cl)c(Cl)c1. The van der Waals surface area contributed by atoms with Crippen LogP contribution in [0, 0.1) is 0 Å². The lowest BCUT2D eigenvalue weighted by Gasteiger charge is -2.25. The minimum Gasteiger partial charge on any atom is -0.332 e. The molecule has 1 unspecified atom stereocenters. The third kappa shape index (κ3) is 3.68. The average Bonchev–Trinajstić information content (AvgIpc) is 3.20. The summed E-state index contributed by atoms with van der Waals surface area (Å²) >= 11 is 12.2. The van der Waals surface area contributed by atoms with E-state index in [1.165, 1.54) is 0 Å². The van der Waals surface area contributed by atoms with Crippen molar-refractivity contribution in [3.63, 3.8) is 0 Å². The predicted molar refractivity (Wildman–Crippen MR) is 107 cm³/mol. The molecule has 27 heavy (non-hydrogen) atoms. The third-order valence-corrected chi connectivity index (χ3v) is 5.51. The highest BCUT2D eigenvalue weighted by Gasteiger charge is 2.31. The maximum atomic E-state index is 13.0. The van der Waals surface area contributed by atoms with Crippen LogP contribution in [0.3, 0.4) is 0 Å². The molecule has 2 aromatic carbocycles. The van der Waals surface area contributed by atoms with E-state index in [-0.39, 0.29) is 11.9 Å². The van der Waals surface area contributed by atoms with Crippen LogP contribution in [0.5, 0.6) is 0 Å². The van der Waals surface area contributed by atoms with Gasteiger partial charge in [0.15, 0.2) is 5.82 Å². The highest BCUT2D eigenvalue weighted by molar-refractivity contribution is 6.42. The van der Waals surface area contributed by atoms with Crippen LogP contribution >= 0.6 is 23.2 Å². The van der Waals surface area contributed by atoms with Gasteiger partial charge in [-0.1, -0.05) is 59.6 Å². The van der Waals surface area contributed by atoms with Gasteiger partial charge < -0.3 is 4.90 Å². The van der Waals surface area contributed by atoms with Crippen LogP contribution in [-0.2, 0) is 0 Å². The number of rotatable bonds is 3. The van der Waals surface area contributed by atoms with Crippen LogP contribution in [0.4, 0.5) is 0 Å². The number of carbonyl (C=O) groups excluding carboxylic acids is 1. The highest BCUT2D eigenvalue weighted by Crippen LogP contribution is 2.35. The first kappa shape index (κ1) is 18.0. The largest absolute Gasteiger partial charge is 0.332 e. The molecule has 1 aliphatic rings. The smallest absolute Gasteiger partial charge is 0.257 e. The Kier molecular flexibility index (Phi) is 5.10. The van der Waals surface area contributed by atoms with E-state index in [1.807, 2.05) is 47.4 Å². The molecule has 1 fully saturated rings.